The van der Waals surface area contributed by atoms with Crippen LogP contribution in [0.3, 0.4) is 0 Å². The molecule has 2 heterocycles. The average Bonchev–Trinajstić information content (AvgIpc) is 2.58. The molecule has 1 aromatic carbocycles. The molecule has 0 atom stereocenters. The molecule has 1 aliphatic rings. The molecule has 1 amide bonds. The van der Waals surface area contributed by atoms with Crippen molar-refractivity contribution in [2.24, 2.45) is 0 Å². The van der Waals surface area contributed by atoms with Crippen molar-refractivity contribution in [2.75, 3.05) is 23.3 Å². The van der Waals surface area contributed by atoms with Crippen LogP contribution in [0.5, 0.6) is 0 Å². The summed E-state index contributed by atoms with van der Waals surface area (Å²) in [4.78, 5) is 18.6. The van der Waals surface area contributed by atoms with Crippen LogP contribution in [0.2, 0.25) is 5.02 Å². The van der Waals surface area contributed by atoms with Crippen LogP contribution < -0.4 is 10.2 Å². The van der Waals surface area contributed by atoms with Crippen LogP contribution >= 0.6 is 34.2 Å². The third-order valence-electron chi connectivity index (χ3n) is 3.72. The summed E-state index contributed by atoms with van der Waals surface area (Å²) in [7, 11) is 0. The zero-order chi connectivity index (χ0) is 17.1. The first kappa shape index (κ1) is 17.2. The lowest BCUT2D eigenvalue weighted by atomic mass is 10.1. The van der Waals surface area contributed by atoms with Crippen molar-refractivity contribution >= 4 is 51.6 Å². The summed E-state index contributed by atoms with van der Waals surface area (Å²) in [5.41, 5.74) is 0.827. The van der Waals surface area contributed by atoms with Crippen LogP contribution in [0.25, 0.3) is 0 Å². The first-order valence-corrected chi connectivity index (χ1v) is 8.81. The van der Waals surface area contributed by atoms with Gasteiger partial charge in [-0.25, -0.2) is 9.37 Å². The standard InChI is InChI=1S/C17H14ClFIN3O/c18-13-2-1-7-21-16(13)23-8-5-11(6-9-23)17(24)22-15-4-3-12(20)10-14(15)19/h1-5,7,10H,6,8-9H2,(H,22,24). The lowest BCUT2D eigenvalue weighted by molar-refractivity contribution is -0.113. The number of amides is 1. The van der Waals surface area contributed by atoms with E-state index in [2.05, 4.69) is 10.3 Å². The van der Waals surface area contributed by atoms with Gasteiger partial charge in [0.1, 0.15) is 11.6 Å². The number of pyridine rings is 1. The molecule has 0 radical (unpaired) electrons. The van der Waals surface area contributed by atoms with Gasteiger partial charge in [-0.3, -0.25) is 4.79 Å². The van der Waals surface area contributed by atoms with Crippen LogP contribution in [0, 0.1) is 9.39 Å². The van der Waals surface area contributed by atoms with Crippen LogP contribution in [0.1, 0.15) is 6.42 Å². The maximum absolute atomic E-state index is 13.8. The fourth-order valence-electron chi connectivity index (χ4n) is 2.47. The van der Waals surface area contributed by atoms with Gasteiger partial charge < -0.3 is 10.2 Å². The summed E-state index contributed by atoms with van der Waals surface area (Å²) in [6.07, 6.45) is 4.06. The molecule has 124 valence electrons. The number of hydrogen-bond acceptors (Lipinski definition) is 3. The van der Waals surface area contributed by atoms with Gasteiger partial charge in [0.25, 0.3) is 5.91 Å². The highest BCUT2D eigenvalue weighted by molar-refractivity contribution is 14.1. The third-order valence-corrected chi connectivity index (χ3v) is 4.68. The molecule has 1 N–H and O–H groups in total. The predicted molar refractivity (Wildman–Crippen MR) is 102 cm³/mol. The van der Waals surface area contributed by atoms with E-state index in [0.717, 1.165) is 3.57 Å². The third kappa shape index (κ3) is 3.87. The summed E-state index contributed by atoms with van der Waals surface area (Å²) in [5, 5.41) is 3.21. The van der Waals surface area contributed by atoms with Crippen molar-refractivity contribution in [1.82, 2.24) is 4.98 Å². The molecule has 0 fully saturated rings. The molecule has 1 aromatic heterocycles. The van der Waals surface area contributed by atoms with Crippen molar-refractivity contribution in [2.45, 2.75) is 6.42 Å². The quantitative estimate of drug-likeness (QED) is 0.701. The number of hydrogen-bond donors (Lipinski definition) is 1. The van der Waals surface area contributed by atoms with Gasteiger partial charge in [0, 0.05) is 28.4 Å². The van der Waals surface area contributed by atoms with Crippen molar-refractivity contribution in [3.63, 3.8) is 0 Å². The number of nitrogens with one attached hydrogen (secondary N) is 1. The van der Waals surface area contributed by atoms with Crippen molar-refractivity contribution in [1.29, 1.82) is 0 Å². The number of benzene rings is 1. The second kappa shape index (κ2) is 7.48. The Balaban J connectivity index is 1.68. The van der Waals surface area contributed by atoms with Gasteiger partial charge in [0.15, 0.2) is 0 Å². The summed E-state index contributed by atoms with van der Waals surface area (Å²) >= 11 is 8.17. The van der Waals surface area contributed by atoms with Gasteiger partial charge in [-0.1, -0.05) is 17.7 Å². The molecule has 0 saturated carbocycles. The van der Waals surface area contributed by atoms with Crippen LogP contribution in [0.15, 0.2) is 48.2 Å². The van der Waals surface area contributed by atoms with Crippen LogP contribution in [-0.2, 0) is 4.79 Å². The Labute approximate surface area is 157 Å². The molecular weight excluding hydrogens is 444 g/mol. The minimum atomic E-state index is -0.437. The molecule has 24 heavy (non-hydrogen) atoms. The Bertz CT molecular complexity index is 812. The molecule has 1 aliphatic heterocycles. The molecule has 2 aromatic rings. The Morgan fingerprint density at radius 2 is 2.21 bits per heavy atom. The Morgan fingerprint density at radius 3 is 2.88 bits per heavy atom. The van der Waals surface area contributed by atoms with Crippen molar-refractivity contribution < 1.29 is 9.18 Å². The van der Waals surface area contributed by atoms with E-state index >= 15 is 0 Å². The number of halogens is 3. The zero-order valence-electron chi connectivity index (χ0n) is 12.6. The predicted octanol–water partition coefficient (Wildman–Crippen LogP) is 4.25. The summed E-state index contributed by atoms with van der Waals surface area (Å²) in [6, 6.07) is 8.27. The van der Waals surface area contributed by atoms with E-state index in [9.17, 15) is 9.18 Å². The van der Waals surface area contributed by atoms with E-state index in [1.54, 1.807) is 30.5 Å². The Hall–Kier alpha value is -1.67. The molecular formula is C17H14ClFIN3O. The van der Waals surface area contributed by atoms with E-state index in [4.69, 9.17) is 11.6 Å². The number of nitrogens with zero attached hydrogens (tertiary/aromatic N) is 2. The molecule has 0 spiro atoms. The normalized spacial score (nSPS) is 14.3. The maximum Gasteiger partial charge on any atom is 0.251 e. The molecule has 7 heteroatoms. The van der Waals surface area contributed by atoms with Crippen molar-refractivity contribution in [3.05, 3.63) is 62.6 Å². The molecule has 4 nitrogen and oxygen atoms in total. The Kier molecular flexibility index (Phi) is 5.35. The second-order valence-corrected chi connectivity index (χ2v) is 6.97. The van der Waals surface area contributed by atoms with Gasteiger partial charge in [-0.2, -0.15) is 0 Å². The SMILES string of the molecule is O=C(Nc1ccc(I)cc1F)C1=CCN(c2ncccc2Cl)CC1. The minimum Gasteiger partial charge on any atom is -0.351 e. The number of aromatic nitrogens is 1. The highest BCUT2D eigenvalue weighted by Gasteiger charge is 2.20. The van der Waals surface area contributed by atoms with Crippen LogP contribution in [-0.4, -0.2) is 24.0 Å². The van der Waals surface area contributed by atoms with E-state index < -0.39 is 5.82 Å². The Morgan fingerprint density at radius 1 is 1.38 bits per heavy atom. The van der Waals surface area contributed by atoms with E-state index in [0.29, 0.717) is 35.9 Å². The van der Waals surface area contributed by atoms with Gasteiger partial charge in [0.05, 0.1) is 10.7 Å². The first-order valence-electron chi connectivity index (χ1n) is 7.35. The first-order chi connectivity index (χ1) is 11.5. The van der Waals surface area contributed by atoms with Gasteiger partial charge in [-0.05, 0) is 59.3 Å². The lowest BCUT2D eigenvalue weighted by Crippen LogP contribution is -2.32. The van der Waals surface area contributed by atoms with Gasteiger partial charge in [-0.15, -0.1) is 0 Å². The highest BCUT2D eigenvalue weighted by Crippen LogP contribution is 2.26. The number of anilines is 2. The van der Waals surface area contributed by atoms with E-state index in [-0.39, 0.29) is 11.6 Å². The molecule has 0 saturated heterocycles. The number of carbonyl (C=O) groups is 1. The summed E-state index contributed by atoms with van der Waals surface area (Å²) in [6.45, 7) is 1.17. The van der Waals surface area contributed by atoms with E-state index in [1.165, 1.54) is 6.07 Å². The topological polar surface area (TPSA) is 45.2 Å². The number of carbonyl (C=O) groups excluding carboxylic acids is 1. The largest absolute Gasteiger partial charge is 0.351 e. The summed E-state index contributed by atoms with van der Waals surface area (Å²) in [5.74, 6) is -0.00557. The lowest BCUT2D eigenvalue weighted by Gasteiger charge is -2.27. The maximum atomic E-state index is 13.8. The monoisotopic (exact) mass is 457 g/mol. The fraction of sp³-hybridized carbons (Fsp3) is 0.176. The minimum absolute atomic E-state index is 0.191. The van der Waals surface area contributed by atoms with Gasteiger partial charge in [0.2, 0.25) is 0 Å². The molecule has 0 bridgehead atoms. The highest BCUT2D eigenvalue weighted by atomic mass is 127. The smallest absolute Gasteiger partial charge is 0.251 e. The van der Waals surface area contributed by atoms with Crippen molar-refractivity contribution in [3.8, 4) is 0 Å². The second-order valence-electron chi connectivity index (χ2n) is 5.31. The zero-order valence-corrected chi connectivity index (χ0v) is 15.5. The molecule has 3 rings (SSSR count). The van der Waals surface area contributed by atoms with E-state index in [1.807, 2.05) is 33.6 Å². The van der Waals surface area contributed by atoms with Crippen LogP contribution in [0.4, 0.5) is 15.9 Å². The molecule has 0 aliphatic carbocycles. The molecule has 0 unspecified atom stereocenters. The number of rotatable bonds is 3. The summed E-state index contributed by atoms with van der Waals surface area (Å²) < 4.78 is 14.6. The van der Waals surface area contributed by atoms with Gasteiger partial charge >= 0.3 is 0 Å². The fourth-order valence-corrected chi connectivity index (χ4v) is 3.17. The average molecular weight is 458 g/mol.